The molecule has 0 bridgehead atoms. The molecule has 0 aliphatic heterocycles. The molecule has 0 aliphatic rings. The smallest absolute Gasteiger partial charge is 0.322 e. The summed E-state index contributed by atoms with van der Waals surface area (Å²) in [6, 6.07) is -2.24. The van der Waals surface area contributed by atoms with Gasteiger partial charge >= 0.3 is 6.00 Å². The van der Waals surface area contributed by atoms with Gasteiger partial charge in [-0.3, -0.25) is 14.9 Å². The molecule has 0 unspecified atom stereocenters. The number of rotatable bonds is 5. The van der Waals surface area contributed by atoms with Crippen molar-refractivity contribution in [2.75, 3.05) is 6.54 Å². The highest BCUT2D eigenvalue weighted by Gasteiger charge is 2.24. The van der Waals surface area contributed by atoms with Crippen molar-refractivity contribution in [3.05, 3.63) is 0 Å². The van der Waals surface area contributed by atoms with E-state index in [9.17, 15) is 9.59 Å². The van der Waals surface area contributed by atoms with Crippen LogP contribution in [0.2, 0.25) is 6.04 Å². The number of imide groups is 1. The fraction of sp³-hybridized carbons (Fsp3) is 0.667. The maximum atomic E-state index is 11.0. The molecule has 0 aromatic heterocycles. The second-order valence-corrected chi connectivity index (χ2v) is 11.9. The normalized spacial score (nSPS) is 11.1. The minimum Gasteiger partial charge on any atom is -0.322 e. The quantitative estimate of drug-likeness (QED) is 0.582. The SMILES string of the molecule is NCC(=O)NC(=O)CCC[Si](Cl)(Cl)Cl. The molecule has 0 saturated heterocycles. The Morgan fingerprint density at radius 3 is 2.21 bits per heavy atom. The van der Waals surface area contributed by atoms with E-state index in [-0.39, 0.29) is 18.9 Å². The van der Waals surface area contributed by atoms with Gasteiger partial charge < -0.3 is 5.73 Å². The van der Waals surface area contributed by atoms with Gasteiger partial charge in [-0.1, -0.05) is 0 Å². The van der Waals surface area contributed by atoms with E-state index in [2.05, 4.69) is 5.32 Å². The van der Waals surface area contributed by atoms with Gasteiger partial charge in [0.05, 0.1) is 6.54 Å². The van der Waals surface area contributed by atoms with Crippen LogP contribution in [0.4, 0.5) is 0 Å². The number of nitrogens with one attached hydrogen (secondary N) is 1. The number of halogens is 3. The fourth-order valence-electron chi connectivity index (χ4n) is 0.718. The number of carbonyl (C=O) groups is 2. The van der Waals surface area contributed by atoms with Gasteiger partial charge in [-0.05, 0) is 12.5 Å². The molecular formula is C6H11Cl3N2O2Si. The molecule has 0 saturated carbocycles. The van der Waals surface area contributed by atoms with Crippen LogP contribution in [-0.4, -0.2) is 24.4 Å². The highest BCUT2D eigenvalue weighted by Crippen LogP contribution is 2.26. The minimum absolute atomic E-state index is 0.173. The van der Waals surface area contributed by atoms with Crippen molar-refractivity contribution in [2.24, 2.45) is 5.73 Å². The van der Waals surface area contributed by atoms with Crippen molar-refractivity contribution in [3.8, 4) is 0 Å². The molecule has 8 heteroatoms. The molecule has 2 amide bonds. The van der Waals surface area contributed by atoms with Crippen molar-refractivity contribution >= 4 is 51.1 Å². The van der Waals surface area contributed by atoms with E-state index < -0.39 is 11.9 Å². The highest BCUT2D eigenvalue weighted by molar-refractivity contribution is 7.64. The number of nitrogens with two attached hydrogens (primary N) is 1. The number of amides is 2. The maximum Gasteiger partial charge on any atom is 0.341 e. The maximum absolute atomic E-state index is 11.0. The van der Waals surface area contributed by atoms with Crippen LogP contribution in [0.3, 0.4) is 0 Å². The molecule has 4 nitrogen and oxygen atoms in total. The standard InChI is InChI=1S/C6H11Cl3N2O2Si/c7-14(8,9)3-1-2-5(12)11-6(13)4-10/h1-4,10H2,(H,11,12,13). The largest absolute Gasteiger partial charge is 0.341 e. The molecule has 0 atom stereocenters. The van der Waals surface area contributed by atoms with E-state index in [4.69, 9.17) is 39.0 Å². The van der Waals surface area contributed by atoms with Crippen LogP contribution in [-0.2, 0) is 9.59 Å². The molecule has 0 fully saturated rings. The van der Waals surface area contributed by atoms with Gasteiger partial charge in [-0.15, -0.1) is 33.2 Å². The van der Waals surface area contributed by atoms with Crippen LogP contribution in [0, 0.1) is 0 Å². The van der Waals surface area contributed by atoms with Crippen molar-refractivity contribution in [3.63, 3.8) is 0 Å². The molecule has 82 valence electrons. The molecule has 0 rings (SSSR count). The summed E-state index contributed by atoms with van der Waals surface area (Å²) in [5, 5.41) is 2.10. The van der Waals surface area contributed by atoms with Crippen LogP contribution >= 0.6 is 33.2 Å². The molecule has 0 spiro atoms. The molecule has 14 heavy (non-hydrogen) atoms. The third kappa shape index (κ3) is 8.77. The molecule has 0 aromatic rings. The lowest BCUT2D eigenvalue weighted by atomic mass is 10.3. The Labute approximate surface area is 97.2 Å². The van der Waals surface area contributed by atoms with Crippen molar-refractivity contribution in [1.82, 2.24) is 5.32 Å². The summed E-state index contributed by atoms with van der Waals surface area (Å²) in [6.07, 6.45) is 0.638. The van der Waals surface area contributed by atoms with E-state index in [1.165, 1.54) is 0 Å². The van der Waals surface area contributed by atoms with Crippen LogP contribution in [0.5, 0.6) is 0 Å². The van der Waals surface area contributed by atoms with E-state index >= 15 is 0 Å². The van der Waals surface area contributed by atoms with Gasteiger partial charge in [0.1, 0.15) is 0 Å². The van der Waals surface area contributed by atoms with E-state index in [0.717, 1.165) is 0 Å². The first-order valence-corrected chi connectivity index (χ1v) is 9.19. The number of hydrogen-bond donors (Lipinski definition) is 2. The van der Waals surface area contributed by atoms with Gasteiger partial charge in [-0.2, -0.15) is 0 Å². The minimum atomic E-state index is -2.65. The van der Waals surface area contributed by atoms with Crippen molar-refractivity contribution < 1.29 is 9.59 Å². The summed E-state index contributed by atoms with van der Waals surface area (Å²) in [4.78, 5) is 21.7. The third-order valence-electron chi connectivity index (χ3n) is 1.33. The van der Waals surface area contributed by atoms with Gasteiger partial charge in [0.2, 0.25) is 11.8 Å². The van der Waals surface area contributed by atoms with Gasteiger partial charge in [0.25, 0.3) is 0 Å². The summed E-state index contributed by atoms with van der Waals surface area (Å²) in [5.74, 6) is -0.884. The second kappa shape index (κ2) is 6.63. The van der Waals surface area contributed by atoms with Gasteiger partial charge in [0.15, 0.2) is 0 Å². The predicted molar refractivity (Wildman–Crippen MR) is 59.6 cm³/mol. The summed E-state index contributed by atoms with van der Waals surface area (Å²) >= 11 is 16.8. The summed E-state index contributed by atoms with van der Waals surface area (Å²) in [5.41, 5.74) is 5.00. The zero-order valence-corrected chi connectivity index (χ0v) is 10.6. The first kappa shape index (κ1) is 14.2. The molecule has 0 heterocycles. The molecule has 0 aromatic carbocycles. The Hall–Kier alpha value is 0.187. The van der Waals surface area contributed by atoms with Crippen LogP contribution in [0.15, 0.2) is 0 Å². The Morgan fingerprint density at radius 1 is 1.21 bits per heavy atom. The first-order valence-electron chi connectivity index (χ1n) is 3.94. The lowest BCUT2D eigenvalue weighted by molar-refractivity contribution is -0.129. The van der Waals surface area contributed by atoms with Crippen LogP contribution in [0.25, 0.3) is 0 Å². The lowest BCUT2D eigenvalue weighted by Crippen LogP contribution is -2.35. The van der Waals surface area contributed by atoms with Crippen molar-refractivity contribution in [1.29, 1.82) is 0 Å². The van der Waals surface area contributed by atoms with E-state index in [1.807, 2.05) is 0 Å². The molecule has 3 N–H and O–H groups in total. The average Bonchev–Trinajstić information content (AvgIpc) is 2.01. The van der Waals surface area contributed by atoms with Crippen LogP contribution < -0.4 is 11.1 Å². The monoisotopic (exact) mass is 276 g/mol. The number of carbonyl (C=O) groups excluding carboxylic acids is 2. The Kier molecular flexibility index (Phi) is 6.72. The van der Waals surface area contributed by atoms with Gasteiger partial charge in [-0.25, -0.2) is 0 Å². The van der Waals surface area contributed by atoms with E-state index in [1.54, 1.807) is 0 Å². The third-order valence-corrected chi connectivity index (χ3v) is 3.95. The summed E-state index contributed by atoms with van der Waals surface area (Å²) < 4.78 is 0. The first-order chi connectivity index (χ1) is 6.35. The zero-order chi connectivity index (χ0) is 11.2. The molecule has 0 aliphatic carbocycles. The van der Waals surface area contributed by atoms with Crippen LogP contribution in [0.1, 0.15) is 12.8 Å². The van der Waals surface area contributed by atoms with Gasteiger partial charge in [0, 0.05) is 6.42 Å². The molecule has 0 radical (unpaired) electrons. The number of hydrogen-bond acceptors (Lipinski definition) is 3. The zero-order valence-electron chi connectivity index (χ0n) is 7.36. The highest BCUT2D eigenvalue weighted by atomic mass is 35.8. The fourth-order valence-corrected chi connectivity index (χ4v) is 2.50. The summed E-state index contributed by atoms with van der Waals surface area (Å²) in [6.45, 7) is -0.203. The Bertz CT molecular complexity index is 220. The average molecular weight is 278 g/mol. The van der Waals surface area contributed by atoms with E-state index in [0.29, 0.717) is 12.5 Å². The van der Waals surface area contributed by atoms with Crippen molar-refractivity contribution in [2.45, 2.75) is 18.9 Å². The predicted octanol–water partition coefficient (Wildman–Crippen LogP) is 1.02. The molecular weight excluding hydrogens is 267 g/mol. The Morgan fingerprint density at radius 2 is 1.79 bits per heavy atom. The lowest BCUT2D eigenvalue weighted by Gasteiger charge is -2.06. The summed E-state index contributed by atoms with van der Waals surface area (Å²) in [7, 11) is 0. The second-order valence-electron chi connectivity index (χ2n) is 2.64. The topological polar surface area (TPSA) is 72.2 Å². The Balaban J connectivity index is 3.60.